The highest BCUT2D eigenvalue weighted by atomic mass is 35.5. The average molecular weight is 320 g/mol. The van der Waals surface area contributed by atoms with Gasteiger partial charge in [-0.3, -0.25) is 4.79 Å². The van der Waals surface area contributed by atoms with Crippen molar-refractivity contribution < 1.29 is 9.53 Å². The van der Waals surface area contributed by atoms with Crippen molar-refractivity contribution in [3.63, 3.8) is 0 Å². The number of nitrogens with one attached hydrogen (secondary N) is 1. The molecule has 0 fully saturated rings. The van der Waals surface area contributed by atoms with Gasteiger partial charge in [0.15, 0.2) is 5.75 Å². The van der Waals surface area contributed by atoms with Crippen LogP contribution in [0.4, 0.5) is 5.69 Å². The molecule has 0 spiro atoms. The summed E-state index contributed by atoms with van der Waals surface area (Å²) in [4.78, 5) is 18.9. The number of H-pyrrole nitrogens is 1. The first-order valence-electron chi connectivity index (χ1n) is 7.12. The zero-order valence-corrected chi connectivity index (χ0v) is 13.4. The van der Waals surface area contributed by atoms with Crippen LogP contribution in [-0.2, 0) is 6.54 Å². The standard InChI is InChI=1S/C16H18ClN3O2/c1-19(2)16(21)13-7-6-11(18-13)10-20-8-9-22-15-12(17)4-3-5-14(15)20/h3-7,18H,8-10H2,1-2H3. The Morgan fingerprint density at radius 1 is 1.36 bits per heavy atom. The highest BCUT2D eigenvalue weighted by molar-refractivity contribution is 6.32. The Morgan fingerprint density at radius 2 is 2.18 bits per heavy atom. The third-order valence-corrected chi connectivity index (χ3v) is 3.94. The first-order chi connectivity index (χ1) is 10.6. The molecule has 116 valence electrons. The fourth-order valence-corrected chi connectivity index (χ4v) is 2.76. The zero-order valence-electron chi connectivity index (χ0n) is 12.6. The lowest BCUT2D eigenvalue weighted by molar-refractivity contribution is 0.0822. The molecule has 2 heterocycles. The molecular weight excluding hydrogens is 302 g/mol. The lowest BCUT2D eigenvalue weighted by atomic mass is 10.2. The Bertz CT molecular complexity index is 696. The molecule has 1 aliphatic rings. The van der Waals surface area contributed by atoms with Crippen LogP contribution in [0.15, 0.2) is 30.3 Å². The van der Waals surface area contributed by atoms with Gasteiger partial charge in [0.05, 0.1) is 23.8 Å². The average Bonchev–Trinajstić information content (AvgIpc) is 2.96. The number of hydrogen-bond donors (Lipinski definition) is 1. The number of halogens is 1. The van der Waals surface area contributed by atoms with Crippen molar-refractivity contribution in [1.82, 2.24) is 9.88 Å². The number of aromatic amines is 1. The van der Waals surface area contributed by atoms with Crippen LogP contribution in [-0.4, -0.2) is 43.0 Å². The summed E-state index contributed by atoms with van der Waals surface area (Å²) in [6.45, 7) is 2.06. The third kappa shape index (κ3) is 2.76. The molecule has 22 heavy (non-hydrogen) atoms. The van der Waals surface area contributed by atoms with Crippen molar-refractivity contribution in [3.05, 3.63) is 46.7 Å². The maximum atomic E-state index is 11.9. The maximum Gasteiger partial charge on any atom is 0.269 e. The number of ether oxygens (including phenoxy) is 1. The maximum absolute atomic E-state index is 11.9. The van der Waals surface area contributed by atoms with E-state index in [4.69, 9.17) is 16.3 Å². The normalized spacial score (nSPS) is 13.5. The topological polar surface area (TPSA) is 48.6 Å². The number of amides is 1. The van der Waals surface area contributed by atoms with Crippen molar-refractivity contribution in [3.8, 4) is 5.75 Å². The summed E-state index contributed by atoms with van der Waals surface area (Å²) in [6, 6.07) is 9.49. The number of fused-ring (bicyclic) bond motifs is 1. The molecule has 0 atom stereocenters. The minimum atomic E-state index is -0.0309. The van der Waals surface area contributed by atoms with Crippen LogP contribution in [0.5, 0.6) is 5.75 Å². The molecule has 0 saturated heterocycles. The predicted molar refractivity (Wildman–Crippen MR) is 86.8 cm³/mol. The van der Waals surface area contributed by atoms with Crippen LogP contribution < -0.4 is 9.64 Å². The molecule has 1 amide bonds. The van der Waals surface area contributed by atoms with Gasteiger partial charge < -0.3 is 19.5 Å². The quantitative estimate of drug-likeness (QED) is 0.946. The molecular formula is C16H18ClN3O2. The Morgan fingerprint density at radius 3 is 2.95 bits per heavy atom. The van der Waals surface area contributed by atoms with Crippen molar-refractivity contribution in [2.24, 2.45) is 0 Å². The van der Waals surface area contributed by atoms with Crippen LogP contribution in [0.25, 0.3) is 0 Å². The molecule has 5 nitrogen and oxygen atoms in total. The van der Waals surface area contributed by atoms with E-state index in [1.165, 1.54) is 0 Å². The number of carbonyl (C=O) groups excluding carboxylic acids is 1. The summed E-state index contributed by atoms with van der Waals surface area (Å²) in [7, 11) is 3.48. The van der Waals surface area contributed by atoms with Gasteiger partial charge in [-0.2, -0.15) is 0 Å². The molecule has 0 bridgehead atoms. The molecule has 3 rings (SSSR count). The second-order valence-corrected chi connectivity index (χ2v) is 5.86. The SMILES string of the molecule is CN(C)C(=O)c1ccc(CN2CCOc3c(Cl)cccc32)[nH]1. The first-order valence-corrected chi connectivity index (χ1v) is 7.50. The van der Waals surface area contributed by atoms with Crippen LogP contribution in [0, 0.1) is 0 Å². The second-order valence-electron chi connectivity index (χ2n) is 5.45. The van der Waals surface area contributed by atoms with Crippen LogP contribution in [0.2, 0.25) is 5.02 Å². The zero-order chi connectivity index (χ0) is 15.7. The van der Waals surface area contributed by atoms with Crippen molar-refractivity contribution in [1.29, 1.82) is 0 Å². The van der Waals surface area contributed by atoms with Gasteiger partial charge in [0.25, 0.3) is 5.91 Å². The molecule has 1 aromatic heterocycles. The van der Waals surface area contributed by atoms with Crippen molar-refractivity contribution >= 4 is 23.2 Å². The number of aromatic nitrogens is 1. The molecule has 6 heteroatoms. The van der Waals surface area contributed by atoms with Crippen LogP contribution in [0.3, 0.4) is 0 Å². The highest BCUT2D eigenvalue weighted by Crippen LogP contribution is 2.38. The molecule has 1 N–H and O–H groups in total. The number of para-hydroxylation sites is 1. The van der Waals surface area contributed by atoms with E-state index in [1.54, 1.807) is 19.0 Å². The van der Waals surface area contributed by atoms with E-state index < -0.39 is 0 Å². The predicted octanol–water partition coefficient (Wildman–Crippen LogP) is 2.77. The number of nitrogens with zero attached hydrogens (tertiary/aromatic N) is 2. The molecule has 2 aromatic rings. The Labute approximate surface area is 134 Å². The fraction of sp³-hybridized carbons (Fsp3) is 0.312. The van der Waals surface area contributed by atoms with Gasteiger partial charge in [-0.05, 0) is 24.3 Å². The summed E-state index contributed by atoms with van der Waals surface area (Å²) in [5, 5.41) is 0.622. The monoisotopic (exact) mass is 319 g/mol. The molecule has 0 radical (unpaired) electrons. The van der Waals surface area contributed by atoms with Gasteiger partial charge in [-0.25, -0.2) is 0 Å². The Kier molecular flexibility index (Phi) is 3.98. The van der Waals surface area contributed by atoms with Gasteiger partial charge in [0.2, 0.25) is 0 Å². The van der Waals surface area contributed by atoms with Crippen molar-refractivity contribution in [2.45, 2.75) is 6.54 Å². The summed E-state index contributed by atoms with van der Waals surface area (Å²) < 4.78 is 5.65. The molecule has 1 aliphatic heterocycles. The number of benzene rings is 1. The number of hydrogen-bond acceptors (Lipinski definition) is 3. The second kappa shape index (κ2) is 5.93. The van der Waals surface area contributed by atoms with Gasteiger partial charge in [0.1, 0.15) is 12.3 Å². The summed E-state index contributed by atoms with van der Waals surface area (Å²) >= 11 is 6.18. The van der Waals surface area contributed by atoms with Crippen LogP contribution >= 0.6 is 11.6 Å². The first kappa shape index (κ1) is 14.8. The lowest BCUT2D eigenvalue weighted by Gasteiger charge is -2.31. The highest BCUT2D eigenvalue weighted by Gasteiger charge is 2.21. The molecule has 0 saturated carbocycles. The van der Waals surface area contributed by atoms with Crippen LogP contribution in [0.1, 0.15) is 16.2 Å². The van der Waals surface area contributed by atoms with E-state index in [-0.39, 0.29) is 5.91 Å². The molecule has 0 aliphatic carbocycles. The third-order valence-electron chi connectivity index (χ3n) is 3.64. The molecule has 0 unspecified atom stereocenters. The number of carbonyl (C=O) groups is 1. The van der Waals surface area contributed by atoms with E-state index in [9.17, 15) is 4.79 Å². The van der Waals surface area contributed by atoms with Gasteiger partial charge in [0, 0.05) is 19.8 Å². The van der Waals surface area contributed by atoms with Gasteiger partial charge in [-0.1, -0.05) is 17.7 Å². The molecule has 1 aromatic carbocycles. The van der Waals surface area contributed by atoms with Crippen molar-refractivity contribution in [2.75, 3.05) is 32.1 Å². The van der Waals surface area contributed by atoms with Gasteiger partial charge in [-0.15, -0.1) is 0 Å². The minimum Gasteiger partial charge on any atom is -0.488 e. The largest absolute Gasteiger partial charge is 0.488 e. The summed E-state index contributed by atoms with van der Waals surface area (Å²) in [5.74, 6) is 0.697. The van der Waals surface area contributed by atoms with E-state index in [0.717, 1.165) is 23.7 Å². The number of anilines is 1. The van der Waals surface area contributed by atoms with E-state index in [1.807, 2.05) is 30.3 Å². The Balaban J connectivity index is 1.81. The van der Waals surface area contributed by atoms with E-state index in [2.05, 4.69) is 9.88 Å². The summed E-state index contributed by atoms with van der Waals surface area (Å²) in [5.41, 5.74) is 2.56. The van der Waals surface area contributed by atoms with E-state index in [0.29, 0.717) is 23.9 Å². The fourth-order valence-electron chi connectivity index (χ4n) is 2.54. The lowest BCUT2D eigenvalue weighted by Crippen LogP contribution is -2.32. The minimum absolute atomic E-state index is 0.0309. The number of rotatable bonds is 3. The smallest absolute Gasteiger partial charge is 0.269 e. The van der Waals surface area contributed by atoms with E-state index >= 15 is 0 Å². The Hall–Kier alpha value is -2.14. The van der Waals surface area contributed by atoms with Gasteiger partial charge >= 0.3 is 0 Å². The summed E-state index contributed by atoms with van der Waals surface area (Å²) in [6.07, 6.45) is 0.